The van der Waals surface area contributed by atoms with Crippen molar-refractivity contribution in [3.8, 4) is 0 Å². The number of nitrogens with zero attached hydrogens (tertiary/aromatic N) is 2. The predicted octanol–water partition coefficient (Wildman–Crippen LogP) is 3.23. The van der Waals surface area contributed by atoms with E-state index in [2.05, 4.69) is 4.90 Å². The first-order valence-corrected chi connectivity index (χ1v) is 7.78. The highest BCUT2D eigenvalue weighted by molar-refractivity contribution is 5.85. The number of hydrogen-bond donors (Lipinski definition) is 1. The van der Waals surface area contributed by atoms with Crippen LogP contribution in [0.2, 0.25) is 0 Å². The molecule has 3 unspecified atom stereocenters. The molecule has 1 saturated heterocycles. The first-order valence-electron chi connectivity index (χ1n) is 7.78. The lowest BCUT2D eigenvalue weighted by molar-refractivity contribution is -0.384. The maximum Gasteiger partial charge on any atom is 0.320 e. The number of halogens is 1. The molecule has 0 spiro atoms. The second-order valence-corrected chi connectivity index (χ2v) is 6.30. The van der Waals surface area contributed by atoms with Gasteiger partial charge in [-0.15, -0.1) is 12.4 Å². The van der Waals surface area contributed by atoms with Crippen LogP contribution in [0.25, 0.3) is 0 Å². The molecule has 1 heterocycles. The molecule has 2 aliphatic rings. The number of rotatable bonds is 4. The zero-order valence-corrected chi connectivity index (χ0v) is 13.6. The highest BCUT2D eigenvalue weighted by Crippen LogP contribution is 2.40. The lowest BCUT2D eigenvalue weighted by Crippen LogP contribution is -2.41. The summed E-state index contributed by atoms with van der Waals surface area (Å²) in [5.41, 5.74) is 0.999. The van der Waals surface area contributed by atoms with Gasteiger partial charge in [-0.25, -0.2) is 0 Å². The van der Waals surface area contributed by atoms with E-state index in [1.165, 1.54) is 18.6 Å². The lowest BCUT2D eigenvalue weighted by atomic mass is 9.84. The second-order valence-electron chi connectivity index (χ2n) is 6.30. The monoisotopic (exact) mass is 340 g/mol. The zero-order valence-electron chi connectivity index (χ0n) is 12.8. The normalized spacial score (nSPS) is 27.0. The Kier molecular flexibility index (Phi) is 5.59. The topological polar surface area (TPSA) is 83.7 Å². The third-order valence-corrected chi connectivity index (χ3v) is 5.02. The standard InChI is InChI=1S/C16H20N2O4.ClH/c19-16(20)15-9-12-3-1-2-4-14(12)17(15)10-11-5-7-13(8-6-11)18(21)22;/h5-8,12,14-15H,1-4,9-10H2,(H,19,20);1H. The van der Waals surface area contributed by atoms with Crippen molar-refractivity contribution in [1.82, 2.24) is 4.90 Å². The molecular weight excluding hydrogens is 320 g/mol. The van der Waals surface area contributed by atoms with Gasteiger partial charge < -0.3 is 5.11 Å². The van der Waals surface area contributed by atoms with Gasteiger partial charge in [-0.1, -0.05) is 25.0 Å². The Labute approximate surface area is 141 Å². The van der Waals surface area contributed by atoms with E-state index in [1.54, 1.807) is 12.1 Å². The van der Waals surface area contributed by atoms with E-state index in [0.717, 1.165) is 31.2 Å². The van der Waals surface area contributed by atoms with Crippen molar-refractivity contribution in [2.45, 2.75) is 50.7 Å². The van der Waals surface area contributed by atoms with Gasteiger partial charge in [0, 0.05) is 24.7 Å². The van der Waals surface area contributed by atoms with Crippen LogP contribution in [0.5, 0.6) is 0 Å². The number of aliphatic carboxylic acids is 1. The summed E-state index contributed by atoms with van der Waals surface area (Å²) in [6.45, 7) is 0.552. The quantitative estimate of drug-likeness (QED) is 0.672. The summed E-state index contributed by atoms with van der Waals surface area (Å²) in [5.74, 6) is -0.274. The van der Waals surface area contributed by atoms with Crippen LogP contribution in [0.4, 0.5) is 5.69 Å². The summed E-state index contributed by atoms with van der Waals surface area (Å²) >= 11 is 0. The minimum atomic E-state index is -0.753. The molecular formula is C16H21ClN2O4. The molecule has 126 valence electrons. The summed E-state index contributed by atoms with van der Waals surface area (Å²) in [6.07, 6.45) is 5.25. The van der Waals surface area contributed by atoms with E-state index in [9.17, 15) is 20.0 Å². The van der Waals surface area contributed by atoms with Crippen LogP contribution in [0.15, 0.2) is 24.3 Å². The summed E-state index contributed by atoms with van der Waals surface area (Å²) in [5, 5.41) is 20.2. The molecule has 1 N–H and O–H groups in total. The van der Waals surface area contributed by atoms with Crippen LogP contribution in [0, 0.1) is 16.0 Å². The molecule has 1 saturated carbocycles. The fourth-order valence-corrected chi connectivity index (χ4v) is 3.96. The van der Waals surface area contributed by atoms with Crippen molar-refractivity contribution in [2.75, 3.05) is 0 Å². The van der Waals surface area contributed by atoms with Crippen LogP contribution in [0.1, 0.15) is 37.7 Å². The van der Waals surface area contributed by atoms with E-state index in [0.29, 0.717) is 18.5 Å². The molecule has 7 heteroatoms. The highest BCUT2D eigenvalue weighted by atomic mass is 35.5. The van der Waals surface area contributed by atoms with E-state index in [4.69, 9.17) is 0 Å². The molecule has 1 aliphatic carbocycles. The maximum atomic E-state index is 11.6. The first-order chi connectivity index (χ1) is 10.6. The van der Waals surface area contributed by atoms with Gasteiger partial charge in [0.05, 0.1) is 4.92 Å². The molecule has 23 heavy (non-hydrogen) atoms. The van der Waals surface area contributed by atoms with E-state index >= 15 is 0 Å². The fourth-order valence-electron chi connectivity index (χ4n) is 3.96. The molecule has 0 radical (unpaired) electrons. The van der Waals surface area contributed by atoms with Crippen LogP contribution in [-0.4, -0.2) is 33.0 Å². The minimum Gasteiger partial charge on any atom is -0.480 e. The SMILES string of the molecule is Cl.O=C(O)C1CC2CCCCC2N1Cc1ccc([N+](=O)[O-])cc1. The van der Waals surface area contributed by atoms with Gasteiger partial charge in [0.25, 0.3) is 5.69 Å². The number of carbonyl (C=O) groups is 1. The van der Waals surface area contributed by atoms with Crippen molar-refractivity contribution < 1.29 is 14.8 Å². The number of nitro benzene ring substituents is 1. The Hall–Kier alpha value is -1.66. The van der Waals surface area contributed by atoms with Gasteiger partial charge in [0.1, 0.15) is 6.04 Å². The number of benzene rings is 1. The zero-order chi connectivity index (χ0) is 15.7. The van der Waals surface area contributed by atoms with Gasteiger partial charge in [-0.3, -0.25) is 19.8 Å². The van der Waals surface area contributed by atoms with Gasteiger partial charge in [0.15, 0.2) is 0 Å². The number of nitro groups is 1. The van der Waals surface area contributed by atoms with Crippen LogP contribution in [0.3, 0.4) is 0 Å². The number of hydrogen-bond acceptors (Lipinski definition) is 4. The van der Waals surface area contributed by atoms with Crippen LogP contribution in [-0.2, 0) is 11.3 Å². The van der Waals surface area contributed by atoms with Gasteiger partial charge in [-0.05, 0) is 30.7 Å². The van der Waals surface area contributed by atoms with Crippen molar-refractivity contribution in [1.29, 1.82) is 0 Å². The predicted molar refractivity (Wildman–Crippen MR) is 87.7 cm³/mol. The fraction of sp³-hybridized carbons (Fsp3) is 0.562. The number of fused-ring (bicyclic) bond motifs is 1. The minimum absolute atomic E-state index is 0. The van der Waals surface area contributed by atoms with Gasteiger partial charge >= 0.3 is 5.97 Å². The van der Waals surface area contributed by atoms with Crippen LogP contribution >= 0.6 is 12.4 Å². The third-order valence-electron chi connectivity index (χ3n) is 5.02. The summed E-state index contributed by atoms with van der Waals surface area (Å²) < 4.78 is 0. The Morgan fingerprint density at radius 3 is 2.52 bits per heavy atom. The number of carboxylic acid groups (broad SMARTS) is 1. The van der Waals surface area contributed by atoms with Crippen molar-refractivity contribution in [3.05, 3.63) is 39.9 Å². The lowest BCUT2D eigenvalue weighted by Gasteiger charge is -2.33. The summed E-state index contributed by atoms with van der Waals surface area (Å²) in [4.78, 5) is 23.9. The first kappa shape index (κ1) is 17.7. The van der Waals surface area contributed by atoms with Crippen molar-refractivity contribution in [3.63, 3.8) is 0 Å². The van der Waals surface area contributed by atoms with Gasteiger partial charge in [-0.2, -0.15) is 0 Å². The van der Waals surface area contributed by atoms with E-state index in [-0.39, 0.29) is 18.1 Å². The summed E-state index contributed by atoms with van der Waals surface area (Å²) in [7, 11) is 0. The van der Waals surface area contributed by atoms with Crippen molar-refractivity contribution >= 4 is 24.1 Å². The number of non-ortho nitro benzene ring substituents is 1. The molecule has 6 nitrogen and oxygen atoms in total. The Bertz CT molecular complexity index is 578. The molecule has 2 fully saturated rings. The maximum absolute atomic E-state index is 11.6. The Morgan fingerprint density at radius 1 is 1.26 bits per heavy atom. The van der Waals surface area contributed by atoms with E-state index in [1.807, 2.05) is 0 Å². The molecule has 0 bridgehead atoms. The average Bonchev–Trinajstić information content (AvgIpc) is 2.87. The second kappa shape index (κ2) is 7.27. The third kappa shape index (κ3) is 3.64. The Balaban J connectivity index is 0.00000192. The van der Waals surface area contributed by atoms with Gasteiger partial charge in [0.2, 0.25) is 0 Å². The molecule has 3 atom stereocenters. The molecule has 0 aromatic heterocycles. The highest BCUT2D eigenvalue weighted by Gasteiger charge is 2.44. The molecule has 1 aromatic rings. The van der Waals surface area contributed by atoms with Crippen molar-refractivity contribution in [2.24, 2.45) is 5.92 Å². The molecule has 1 aliphatic heterocycles. The number of likely N-dealkylation sites (tertiary alicyclic amines) is 1. The smallest absolute Gasteiger partial charge is 0.320 e. The molecule has 3 rings (SSSR count). The summed E-state index contributed by atoms with van der Waals surface area (Å²) in [6, 6.07) is 6.34. The molecule has 1 aromatic carbocycles. The largest absolute Gasteiger partial charge is 0.480 e. The molecule has 0 amide bonds. The van der Waals surface area contributed by atoms with E-state index < -0.39 is 16.9 Å². The van der Waals surface area contributed by atoms with Crippen LogP contribution < -0.4 is 0 Å². The number of carboxylic acids is 1. The average molecular weight is 341 g/mol. The Morgan fingerprint density at radius 2 is 1.91 bits per heavy atom.